The Morgan fingerprint density at radius 2 is 1.69 bits per heavy atom. The molecule has 0 aliphatic carbocycles. The number of ether oxygens (including phenoxy) is 1. The van der Waals surface area contributed by atoms with Gasteiger partial charge in [-0.2, -0.15) is 4.98 Å². The Labute approximate surface area is 211 Å². The number of rotatable bonds is 7. The summed E-state index contributed by atoms with van der Waals surface area (Å²) in [7, 11) is -3.25. The second-order valence-electron chi connectivity index (χ2n) is 9.05. The third-order valence-corrected chi connectivity index (χ3v) is 7.78. The highest BCUT2D eigenvalue weighted by Gasteiger charge is 2.25. The first-order chi connectivity index (χ1) is 17.4. The van der Waals surface area contributed by atoms with Crippen LogP contribution in [0.1, 0.15) is 32.3 Å². The van der Waals surface area contributed by atoms with Gasteiger partial charge in [0.15, 0.2) is 9.84 Å². The smallest absolute Gasteiger partial charge is 0.242 e. The Morgan fingerprint density at radius 3 is 2.31 bits per heavy atom. The fourth-order valence-electron chi connectivity index (χ4n) is 4.55. The van der Waals surface area contributed by atoms with Crippen LogP contribution in [-0.2, 0) is 22.8 Å². The molecule has 36 heavy (non-hydrogen) atoms. The van der Waals surface area contributed by atoms with E-state index in [0.717, 1.165) is 72.6 Å². The lowest BCUT2D eigenvalue weighted by atomic mass is 10.1. The summed E-state index contributed by atoms with van der Waals surface area (Å²) >= 11 is 0. The Balaban J connectivity index is 1.37. The average Bonchev–Trinajstić information content (AvgIpc) is 3.29. The molecular weight excluding hydrogens is 476 g/mol. The van der Waals surface area contributed by atoms with Crippen LogP contribution in [0.15, 0.2) is 54.1 Å². The van der Waals surface area contributed by atoms with Gasteiger partial charge in [0.05, 0.1) is 4.90 Å². The van der Waals surface area contributed by atoms with Gasteiger partial charge in [0.25, 0.3) is 0 Å². The van der Waals surface area contributed by atoms with Crippen molar-refractivity contribution < 1.29 is 13.2 Å². The molecule has 0 amide bonds. The van der Waals surface area contributed by atoms with Gasteiger partial charge < -0.3 is 14.2 Å². The number of aromatic nitrogens is 5. The van der Waals surface area contributed by atoms with Crippen molar-refractivity contribution in [2.24, 2.45) is 0 Å². The lowest BCUT2D eigenvalue weighted by Gasteiger charge is -2.32. The van der Waals surface area contributed by atoms with Gasteiger partial charge in [0, 0.05) is 62.9 Å². The lowest BCUT2D eigenvalue weighted by Crippen LogP contribution is -2.39. The van der Waals surface area contributed by atoms with Crippen LogP contribution in [0.4, 0.5) is 5.95 Å². The molecule has 0 spiro atoms. The largest absolute Gasteiger partial charge is 0.473 e. The maximum absolute atomic E-state index is 11.9. The molecule has 0 saturated carbocycles. The van der Waals surface area contributed by atoms with E-state index in [4.69, 9.17) is 4.74 Å². The SMILES string of the molecule is CCc1cnc(N2CCC(Oc3ncnc4c(-c5ccc(S(C)(=O)=O)cc5)cn(CC)c34)CC2)nc1. The van der Waals surface area contributed by atoms with Crippen LogP contribution in [0.3, 0.4) is 0 Å². The van der Waals surface area contributed by atoms with Gasteiger partial charge >= 0.3 is 0 Å². The Kier molecular flexibility index (Phi) is 6.61. The summed E-state index contributed by atoms with van der Waals surface area (Å²) in [5.74, 6) is 1.34. The molecule has 1 aliphatic heterocycles. The van der Waals surface area contributed by atoms with Crippen molar-refractivity contribution in [2.45, 2.75) is 50.7 Å². The summed E-state index contributed by atoms with van der Waals surface area (Å²) in [4.78, 5) is 20.6. The van der Waals surface area contributed by atoms with E-state index in [1.54, 1.807) is 12.1 Å². The number of aryl methyl sites for hydroxylation is 2. The molecule has 4 aromatic rings. The summed E-state index contributed by atoms with van der Waals surface area (Å²) in [6.45, 7) is 6.52. The highest BCUT2D eigenvalue weighted by atomic mass is 32.2. The fourth-order valence-corrected chi connectivity index (χ4v) is 5.18. The molecule has 0 bridgehead atoms. The molecule has 1 fully saturated rings. The van der Waals surface area contributed by atoms with Gasteiger partial charge in [0.1, 0.15) is 23.5 Å². The number of sulfone groups is 1. The van der Waals surface area contributed by atoms with E-state index in [9.17, 15) is 8.42 Å². The number of fused-ring (bicyclic) bond motifs is 1. The predicted molar refractivity (Wildman–Crippen MR) is 139 cm³/mol. The summed E-state index contributed by atoms with van der Waals surface area (Å²) in [6.07, 6.45) is 11.2. The van der Waals surface area contributed by atoms with Crippen molar-refractivity contribution in [2.75, 3.05) is 24.2 Å². The third-order valence-electron chi connectivity index (χ3n) is 6.65. The second kappa shape index (κ2) is 9.85. The van der Waals surface area contributed by atoms with Gasteiger partial charge in [-0.25, -0.2) is 23.4 Å². The van der Waals surface area contributed by atoms with E-state index in [2.05, 4.69) is 43.3 Å². The van der Waals surface area contributed by atoms with Gasteiger partial charge in [-0.15, -0.1) is 0 Å². The molecule has 5 rings (SSSR count). The molecule has 10 heteroatoms. The van der Waals surface area contributed by atoms with E-state index in [1.165, 1.54) is 12.6 Å². The van der Waals surface area contributed by atoms with Crippen molar-refractivity contribution in [1.82, 2.24) is 24.5 Å². The van der Waals surface area contributed by atoms with Gasteiger partial charge in [-0.05, 0) is 36.6 Å². The standard InChI is InChI=1S/C26H30N6O3S/c1-4-18-14-27-26(28-15-18)32-12-10-20(11-13-32)35-25-24-23(29-17-30-25)22(16-31(24)5-2)19-6-8-21(9-7-19)36(3,33)34/h6-9,14-17,20H,4-5,10-13H2,1-3H3. The van der Waals surface area contributed by atoms with Crippen LogP contribution in [0, 0.1) is 0 Å². The lowest BCUT2D eigenvalue weighted by molar-refractivity contribution is 0.165. The molecule has 0 unspecified atom stereocenters. The third kappa shape index (κ3) is 4.77. The second-order valence-corrected chi connectivity index (χ2v) is 11.1. The molecule has 0 radical (unpaired) electrons. The number of nitrogens with zero attached hydrogens (tertiary/aromatic N) is 6. The van der Waals surface area contributed by atoms with Crippen molar-refractivity contribution >= 4 is 26.8 Å². The van der Waals surface area contributed by atoms with Gasteiger partial charge in [0.2, 0.25) is 11.8 Å². The minimum Gasteiger partial charge on any atom is -0.473 e. The fraction of sp³-hybridized carbons (Fsp3) is 0.385. The quantitative estimate of drug-likeness (QED) is 0.372. The molecule has 3 aromatic heterocycles. The highest BCUT2D eigenvalue weighted by molar-refractivity contribution is 7.90. The van der Waals surface area contributed by atoms with Gasteiger partial charge in [-0.3, -0.25) is 0 Å². The molecule has 1 aliphatic rings. The van der Waals surface area contributed by atoms with E-state index < -0.39 is 9.84 Å². The number of hydrogen-bond donors (Lipinski definition) is 0. The number of hydrogen-bond acceptors (Lipinski definition) is 8. The first-order valence-electron chi connectivity index (χ1n) is 12.2. The minimum absolute atomic E-state index is 0.0342. The zero-order chi connectivity index (χ0) is 25.3. The Bertz CT molecular complexity index is 1460. The predicted octanol–water partition coefficient (Wildman–Crippen LogP) is 3.92. The maximum Gasteiger partial charge on any atom is 0.242 e. The zero-order valence-corrected chi connectivity index (χ0v) is 21.6. The zero-order valence-electron chi connectivity index (χ0n) is 20.8. The van der Waals surface area contributed by atoms with E-state index in [0.29, 0.717) is 10.8 Å². The maximum atomic E-state index is 11.9. The van der Waals surface area contributed by atoms with E-state index in [1.807, 2.05) is 30.7 Å². The molecule has 0 atom stereocenters. The van der Waals surface area contributed by atoms with Crippen LogP contribution in [0.25, 0.3) is 22.2 Å². The van der Waals surface area contributed by atoms with E-state index >= 15 is 0 Å². The van der Waals surface area contributed by atoms with Crippen LogP contribution in [0.2, 0.25) is 0 Å². The summed E-state index contributed by atoms with van der Waals surface area (Å²) < 4.78 is 32.2. The Morgan fingerprint density at radius 1 is 1.00 bits per heavy atom. The van der Waals surface area contributed by atoms with Crippen LogP contribution < -0.4 is 9.64 Å². The summed E-state index contributed by atoms with van der Waals surface area (Å²) in [5.41, 5.74) is 4.58. The summed E-state index contributed by atoms with van der Waals surface area (Å²) in [6, 6.07) is 6.90. The molecule has 0 N–H and O–H groups in total. The number of anilines is 1. The molecule has 1 saturated heterocycles. The van der Waals surface area contributed by atoms with Crippen molar-refractivity contribution in [1.29, 1.82) is 0 Å². The normalized spacial score (nSPS) is 14.9. The summed E-state index contributed by atoms with van der Waals surface area (Å²) in [5, 5.41) is 0. The van der Waals surface area contributed by atoms with E-state index in [-0.39, 0.29) is 6.10 Å². The first-order valence-corrected chi connectivity index (χ1v) is 14.1. The van der Waals surface area contributed by atoms with Gasteiger partial charge in [-0.1, -0.05) is 19.1 Å². The van der Waals surface area contributed by atoms with Crippen molar-refractivity contribution in [3.63, 3.8) is 0 Å². The first kappa shape index (κ1) is 24.2. The molecule has 4 heterocycles. The number of benzene rings is 1. The highest BCUT2D eigenvalue weighted by Crippen LogP contribution is 2.34. The van der Waals surface area contributed by atoms with Crippen molar-refractivity contribution in [3.05, 3.63) is 54.7 Å². The monoisotopic (exact) mass is 506 g/mol. The van der Waals surface area contributed by atoms with Crippen LogP contribution in [0.5, 0.6) is 5.88 Å². The van der Waals surface area contributed by atoms with Crippen LogP contribution in [-0.4, -0.2) is 58.4 Å². The minimum atomic E-state index is -3.25. The molecule has 188 valence electrons. The molecular formula is C26H30N6O3S. The molecule has 1 aromatic carbocycles. The number of piperidine rings is 1. The average molecular weight is 507 g/mol. The molecule has 9 nitrogen and oxygen atoms in total. The van der Waals surface area contributed by atoms with Crippen molar-refractivity contribution in [3.8, 4) is 17.0 Å². The van der Waals surface area contributed by atoms with Crippen LogP contribution >= 0.6 is 0 Å². The topological polar surface area (TPSA) is 103 Å². The Hall–Kier alpha value is -3.53.